The third-order valence-corrected chi connectivity index (χ3v) is 4.90. The average molecular weight is 351 g/mol. The molecule has 0 aliphatic rings. The molecule has 0 saturated heterocycles. The van der Waals surface area contributed by atoms with E-state index in [0.717, 1.165) is 16.6 Å². The van der Waals surface area contributed by atoms with Gasteiger partial charge in [-0.1, -0.05) is 36.0 Å². The summed E-state index contributed by atoms with van der Waals surface area (Å²) in [5.41, 5.74) is 4.22. The predicted molar refractivity (Wildman–Crippen MR) is 102 cm³/mol. The van der Waals surface area contributed by atoms with E-state index in [1.54, 1.807) is 30.8 Å². The molecule has 3 rings (SSSR count). The first-order valence-corrected chi connectivity index (χ1v) is 9.07. The maximum absolute atomic E-state index is 11.9. The van der Waals surface area contributed by atoms with E-state index in [1.165, 1.54) is 11.1 Å². The second kappa shape index (κ2) is 7.57. The highest BCUT2D eigenvalue weighted by Gasteiger charge is 2.09. The van der Waals surface area contributed by atoms with Gasteiger partial charge in [0.25, 0.3) is 5.91 Å². The Bertz CT molecular complexity index is 869. The number of amides is 1. The minimum atomic E-state index is 0.0224. The maximum atomic E-state index is 11.9. The molecular weight excluding hydrogens is 330 g/mol. The average Bonchev–Trinajstić information content (AvgIpc) is 3.08. The summed E-state index contributed by atoms with van der Waals surface area (Å²) in [5, 5.41) is 0.957. The van der Waals surface area contributed by atoms with E-state index in [1.807, 2.05) is 36.7 Å². The number of rotatable bonds is 5. The van der Waals surface area contributed by atoms with E-state index in [9.17, 15) is 4.79 Å². The zero-order chi connectivity index (χ0) is 17.8. The lowest BCUT2D eigenvalue weighted by Crippen LogP contribution is -2.21. The lowest BCUT2D eigenvalue weighted by atomic mass is 10.1. The van der Waals surface area contributed by atoms with E-state index in [4.69, 9.17) is 0 Å². The minimum absolute atomic E-state index is 0.0224. The lowest BCUT2D eigenvalue weighted by molar-refractivity contribution is 0.0827. The number of aryl methyl sites for hydroxylation is 1. The van der Waals surface area contributed by atoms with Gasteiger partial charge >= 0.3 is 0 Å². The summed E-state index contributed by atoms with van der Waals surface area (Å²) in [5.74, 6) is 0.827. The van der Waals surface area contributed by atoms with E-state index in [-0.39, 0.29) is 5.91 Å². The van der Waals surface area contributed by atoms with E-state index < -0.39 is 0 Å². The fourth-order valence-corrected chi connectivity index (χ4v) is 3.45. The molecule has 3 aromatic rings. The van der Waals surface area contributed by atoms with Crippen LogP contribution in [0.15, 0.2) is 66.1 Å². The predicted octanol–water partition coefficient (Wildman–Crippen LogP) is 4.17. The van der Waals surface area contributed by atoms with Gasteiger partial charge in [-0.15, -0.1) is 0 Å². The van der Waals surface area contributed by atoms with E-state index >= 15 is 0 Å². The molecule has 128 valence electrons. The molecule has 1 heterocycles. The fourth-order valence-electron chi connectivity index (χ4n) is 2.52. The molecule has 0 radical (unpaired) electrons. The Morgan fingerprint density at radius 3 is 2.60 bits per heavy atom. The van der Waals surface area contributed by atoms with Crippen LogP contribution in [-0.2, 0) is 5.75 Å². The lowest BCUT2D eigenvalue weighted by Gasteiger charge is -2.11. The number of hydrogen-bond acceptors (Lipinski definition) is 3. The molecule has 0 N–H and O–H groups in total. The van der Waals surface area contributed by atoms with Crippen molar-refractivity contribution < 1.29 is 4.79 Å². The largest absolute Gasteiger partial charge is 0.345 e. The first-order valence-electron chi connectivity index (χ1n) is 8.08. The monoisotopic (exact) mass is 351 g/mol. The Hall–Kier alpha value is -2.53. The van der Waals surface area contributed by atoms with Crippen LogP contribution < -0.4 is 0 Å². The first kappa shape index (κ1) is 17.3. The Morgan fingerprint density at radius 1 is 1.16 bits per heavy atom. The molecule has 0 fully saturated rings. The van der Waals surface area contributed by atoms with Crippen molar-refractivity contribution in [1.82, 2.24) is 14.5 Å². The van der Waals surface area contributed by atoms with Crippen molar-refractivity contribution in [3.8, 4) is 5.69 Å². The molecule has 0 saturated carbocycles. The molecule has 2 aromatic carbocycles. The number of aromatic nitrogens is 2. The highest BCUT2D eigenvalue weighted by Crippen LogP contribution is 2.24. The van der Waals surface area contributed by atoms with Crippen LogP contribution in [0.3, 0.4) is 0 Å². The molecule has 1 aromatic heterocycles. The second-order valence-electron chi connectivity index (χ2n) is 6.10. The van der Waals surface area contributed by atoms with Gasteiger partial charge in [0, 0.05) is 43.5 Å². The Morgan fingerprint density at radius 2 is 1.92 bits per heavy atom. The summed E-state index contributed by atoms with van der Waals surface area (Å²) in [6.07, 6.45) is 3.81. The molecule has 0 atom stereocenters. The van der Waals surface area contributed by atoms with Crippen molar-refractivity contribution in [2.24, 2.45) is 0 Å². The van der Waals surface area contributed by atoms with Crippen LogP contribution in [-0.4, -0.2) is 34.5 Å². The molecule has 1 amide bonds. The van der Waals surface area contributed by atoms with Crippen molar-refractivity contribution in [3.05, 3.63) is 77.6 Å². The quantitative estimate of drug-likeness (QED) is 0.647. The summed E-state index contributed by atoms with van der Waals surface area (Å²) in [7, 11) is 3.52. The molecule has 25 heavy (non-hydrogen) atoms. The van der Waals surface area contributed by atoms with Crippen molar-refractivity contribution in [2.45, 2.75) is 17.8 Å². The Balaban J connectivity index is 1.71. The standard InChI is InChI=1S/C20H21N3OS/c1-15-5-4-6-18(13-15)23-12-11-21-20(23)25-14-16-7-9-17(10-8-16)19(24)22(2)3/h4-13H,14H2,1-3H3. The van der Waals surface area contributed by atoms with Crippen LogP contribution in [0.25, 0.3) is 5.69 Å². The Kier molecular flexibility index (Phi) is 5.24. The maximum Gasteiger partial charge on any atom is 0.253 e. The van der Waals surface area contributed by atoms with Gasteiger partial charge in [0.05, 0.1) is 0 Å². The normalized spacial score (nSPS) is 10.7. The third-order valence-electron chi connectivity index (χ3n) is 3.86. The second-order valence-corrected chi connectivity index (χ2v) is 7.05. The number of thioether (sulfide) groups is 1. The van der Waals surface area contributed by atoms with Crippen molar-refractivity contribution in [1.29, 1.82) is 0 Å². The third kappa shape index (κ3) is 4.12. The van der Waals surface area contributed by atoms with Gasteiger partial charge in [0.1, 0.15) is 0 Å². The van der Waals surface area contributed by atoms with Gasteiger partial charge in [-0.3, -0.25) is 9.36 Å². The molecule has 0 aliphatic heterocycles. The molecule has 4 nitrogen and oxygen atoms in total. The number of nitrogens with zero attached hydrogens (tertiary/aromatic N) is 3. The van der Waals surface area contributed by atoms with Gasteiger partial charge in [0.2, 0.25) is 0 Å². The summed E-state index contributed by atoms with van der Waals surface area (Å²) >= 11 is 1.68. The minimum Gasteiger partial charge on any atom is -0.345 e. The summed E-state index contributed by atoms with van der Waals surface area (Å²) in [4.78, 5) is 18.0. The number of hydrogen-bond donors (Lipinski definition) is 0. The van der Waals surface area contributed by atoms with Crippen LogP contribution in [0, 0.1) is 6.92 Å². The van der Waals surface area contributed by atoms with Gasteiger partial charge in [-0.05, 0) is 42.3 Å². The highest BCUT2D eigenvalue weighted by atomic mass is 32.2. The van der Waals surface area contributed by atoms with Crippen LogP contribution in [0.2, 0.25) is 0 Å². The molecule has 0 spiro atoms. The van der Waals surface area contributed by atoms with Crippen molar-refractivity contribution in [2.75, 3.05) is 14.1 Å². The van der Waals surface area contributed by atoms with E-state index in [0.29, 0.717) is 5.56 Å². The van der Waals surface area contributed by atoms with Crippen molar-refractivity contribution >= 4 is 17.7 Å². The molecule has 5 heteroatoms. The van der Waals surface area contributed by atoms with Crippen molar-refractivity contribution in [3.63, 3.8) is 0 Å². The highest BCUT2D eigenvalue weighted by molar-refractivity contribution is 7.98. The molecule has 0 unspecified atom stereocenters. The summed E-state index contributed by atoms with van der Waals surface area (Å²) in [6.45, 7) is 2.09. The summed E-state index contributed by atoms with van der Waals surface area (Å²) < 4.78 is 2.10. The van der Waals surface area contributed by atoms with Gasteiger partial charge in [-0.25, -0.2) is 4.98 Å². The Labute approximate surface area is 152 Å². The SMILES string of the molecule is Cc1cccc(-n2ccnc2SCc2ccc(C(=O)N(C)C)cc2)c1. The van der Waals surface area contributed by atoms with Crippen LogP contribution in [0.5, 0.6) is 0 Å². The zero-order valence-electron chi connectivity index (χ0n) is 14.6. The number of carbonyl (C=O) groups excluding carboxylic acids is 1. The van der Waals surface area contributed by atoms with Gasteiger partial charge < -0.3 is 4.90 Å². The van der Waals surface area contributed by atoms with Gasteiger partial charge in [-0.2, -0.15) is 0 Å². The first-order chi connectivity index (χ1) is 12.0. The van der Waals surface area contributed by atoms with Crippen LogP contribution in [0.4, 0.5) is 0 Å². The smallest absolute Gasteiger partial charge is 0.253 e. The van der Waals surface area contributed by atoms with Gasteiger partial charge in [0.15, 0.2) is 5.16 Å². The van der Waals surface area contributed by atoms with E-state index in [2.05, 4.69) is 40.7 Å². The topological polar surface area (TPSA) is 38.1 Å². The number of benzene rings is 2. The molecular formula is C20H21N3OS. The fraction of sp³-hybridized carbons (Fsp3) is 0.200. The number of imidazole rings is 1. The van der Waals surface area contributed by atoms with Crippen LogP contribution >= 0.6 is 11.8 Å². The zero-order valence-corrected chi connectivity index (χ0v) is 15.5. The molecule has 0 aliphatic carbocycles. The summed E-state index contributed by atoms with van der Waals surface area (Å²) in [6, 6.07) is 16.1. The number of carbonyl (C=O) groups is 1. The van der Waals surface area contributed by atoms with Crippen LogP contribution in [0.1, 0.15) is 21.5 Å². The molecule has 0 bridgehead atoms.